The maximum absolute atomic E-state index is 11.8. The van der Waals surface area contributed by atoms with Gasteiger partial charge in [0.25, 0.3) is 0 Å². The van der Waals surface area contributed by atoms with Crippen LogP contribution in [0, 0.1) is 0 Å². The fourth-order valence-electron chi connectivity index (χ4n) is 2.92. The molecule has 1 atom stereocenters. The van der Waals surface area contributed by atoms with E-state index in [1.807, 2.05) is 37.3 Å². The van der Waals surface area contributed by atoms with Crippen LogP contribution in [0.5, 0.6) is 0 Å². The number of esters is 1. The van der Waals surface area contributed by atoms with E-state index in [1.165, 1.54) is 11.0 Å². The molecule has 1 heterocycles. The van der Waals surface area contributed by atoms with Gasteiger partial charge in [0.2, 0.25) is 0 Å². The number of carbonyl (C=O) groups is 1. The van der Waals surface area contributed by atoms with Gasteiger partial charge in [-0.25, -0.2) is 4.79 Å². The van der Waals surface area contributed by atoms with Crippen LogP contribution in [0.1, 0.15) is 31.4 Å². The van der Waals surface area contributed by atoms with E-state index >= 15 is 0 Å². The molecular formula is C22H23NO2S. The fraction of sp³-hybridized carbons (Fsp3) is 0.273. The van der Waals surface area contributed by atoms with Crippen molar-refractivity contribution in [2.24, 2.45) is 4.99 Å². The van der Waals surface area contributed by atoms with E-state index in [-0.39, 0.29) is 5.97 Å². The Morgan fingerprint density at radius 2 is 1.88 bits per heavy atom. The van der Waals surface area contributed by atoms with Gasteiger partial charge >= 0.3 is 5.97 Å². The van der Waals surface area contributed by atoms with Gasteiger partial charge in [0.05, 0.1) is 17.9 Å². The Balaban J connectivity index is 2.09. The number of hydrogen-bond acceptors (Lipinski definition) is 4. The lowest BCUT2D eigenvalue weighted by Crippen LogP contribution is -2.27. The lowest BCUT2D eigenvalue weighted by Gasteiger charge is -2.24. The number of fused-ring (bicyclic) bond motifs is 1. The molecule has 0 aromatic heterocycles. The third kappa shape index (κ3) is 4.07. The zero-order valence-electron chi connectivity index (χ0n) is 15.1. The highest BCUT2D eigenvalue weighted by Gasteiger charge is 2.30. The summed E-state index contributed by atoms with van der Waals surface area (Å²) in [4.78, 5) is 18.2. The maximum Gasteiger partial charge on any atom is 0.330 e. The highest BCUT2D eigenvalue weighted by atomic mass is 32.2. The Labute approximate surface area is 159 Å². The van der Waals surface area contributed by atoms with Crippen LogP contribution in [0.25, 0.3) is 0 Å². The number of ether oxygens (including phenoxy) is 1. The Morgan fingerprint density at radius 3 is 2.62 bits per heavy atom. The number of carbonyl (C=O) groups excluding carboxylic acids is 1. The molecule has 26 heavy (non-hydrogen) atoms. The van der Waals surface area contributed by atoms with E-state index in [0.717, 1.165) is 29.0 Å². The fourth-order valence-corrected chi connectivity index (χ4v) is 4.19. The zero-order chi connectivity index (χ0) is 18.4. The van der Waals surface area contributed by atoms with Crippen LogP contribution in [0.4, 0.5) is 0 Å². The molecule has 1 aliphatic rings. The number of benzene rings is 2. The molecular weight excluding hydrogens is 342 g/mol. The third-order valence-corrected chi connectivity index (χ3v) is 5.74. The van der Waals surface area contributed by atoms with Crippen LogP contribution in [0.2, 0.25) is 0 Å². The van der Waals surface area contributed by atoms with Gasteiger partial charge in [0, 0.05) is 27.9 Å². The summed E-state index contributed by atoms with van der Waals surface area (Å²) >= 11 is 1.79. The van der Waals surface area contributed by atoms with Crippen LogP contribution in [0.3, 0.4) is 0 Å². The van der Waals surface area contributed by atoms with Crippen LogP contribution in [-0.2, 0) is 9.53 Å². The molecule has 1 unspecified atom stereocenters. The first-order valence-corrected chi connectivity index (χ1v) is 9.89. The quantitative estimate of drug-likeness (QED) is 0.559. The molecule has 0 N–H and O–H groups in total. The van der Waals surface area contributed by atoms with Gasteiger partial charge in [-0.2, -0.15) is 0 Å². The molecule has 1 aliphatic heterocycles. The molecule has 0 saturated heterocycles. The van der Waals surface area contributed by atoms with E-state index in [9.17, 15) is 4.79 Å². The lowest BCUT2D eigenvalue weighted by molar-refractivity contribution is -0.137. The molecule has 0 saturated carbocycles. The Kier molecular flexibility index (Phi) is 5.94. The van der Waals surface area contributed by atoms with E-state index in [4.69, 9.17) is 9.73 Å². The predicted molar refractivity (Wildman–Crippen MR) is 108 cm³/mol. The topological polar surface area (TPSA) is 38.7 Å². The summed E-state index contributed by atoms with van der Waals surface area (Å²) in [5.74, 6) is 0.468. The second-order valence-corrected chi connectivity index (χ2v) is 7.17. The molecule has 0 fully saturated rings. The van der Waals surface area contributed by atoms with Crippen molar-refractivity contribution < 1.29 is 9.53 Å². The third-order valence-electron chi connectivity index (χ3n) is 4.43. The minimum atomic E-state index is -0.443. The lowest BCUT2D eigenvalue weighted by atomic mass is 9.95. The van der Waals surface area contributed by atoms with Gasteiger partial charge in [0.1, 0.15) is 0 Å². The Morgan fingerprint density at radius 1 is 1.15 bits per heavy atom. The smallest absolute Gasteiger partial charge is 0.330 e. The Bertz CT molecular complexity index is 829. The normalized spacial score (nSPS) is 19.5. The number of hydrogen-bond donors (Lipinski definition) is 0. The standard InChI is InChI=1S/C22H23NO2S/c1-3-22(15-14-20(24)25-4-2)16-26-19-13-9-8-12-18(19)21(23-22)17-10-6-5-7-11-17/h5-15H,3-4,16H2,1-2H3. The van der Waals surface area contributed by atoms with Crippen LogP contribution in [0.15, 0.2) is 76.6 Å². The van der Waals surface area contributed by atoms with E-state index in [0.29, 0.717) is 6.61 Å². The highest BCUT2D eigenvalue weighted by Crippen LogP contribution is 2.36. The molecule has 134 valence electrons. The summed E-state index contributed by atoms with van der Waals surface area (Å²) < 4.78 is 5.05. The zero-order valence-corrected chi connectivity index (χ0v) is 16.0. The number of thioether (sulfide) groups is 1. The molecule has 3 nitrogen and oxygen atoms in total. The summed E-state index contributed by atoms with van der Waals surface area (Å²) in [5.41, 5.74) is 2.76. The average Bonchev–Trinajstić information content (AvgIpc) is 2.85. The van der Waals surface area contributed by atoms with Gasteiger partial charge in [-0.1, -0.05) is 55.5 Å². The summed E-state index contributed by atoms with van der Waals surface area (Å²) in [6, 6.07) is 18.6. The van der Waals surface area contributed by atoms with Crippen molar-refractivity contribution in [1.29, 1.82) is 0 Å². The van der Waals surface area contributed by atoms with Crippen LogP contribution < -0.4 is 0 Å². The van der Waals surface area contributed by atoms with Gasteiger partial charge in [0.15, 0.2) is 0 Å². The first-order valence-electron chi connectivity index (χ1n) is 8.91. The van der Waals surface area contributed by atoms with E-state index in [2.05, 4.69) is 37.3 Å². The van der Waals surface area contributed by atoms with E-state index < -0.39 is 5.54 Å². The molecule has 0 amide bonds. The van der Waals surface area contributed by atoms with Crippen molar-refractivity contribution in [3.05, 3.63) is 77.9 Å². The molecule has 0 radical (unpaired) electrons. The van der Waals surface area contributed by atoms with Crippen molar-refractivity contribution in [3.8, 4) is 0 Å². The van der Waals surface area contributed by atoms with Gasteiger partial charge in [-0.3, -0.25) is 4.99 Å². The molecule has 3 rings (SSSR count). The summed E-state index contributed by atoms with van der Waals surface area (Å²) in [6.07, 6.45) is 4.24. The summed E-state index contributed by atoms with van der Waals surface area (Å²) in [6.45, 7) is 4.30. The van der Waals surface area contributed by atoms with Crippen molar-refractivity contribution in [3.63, 3.8) is 0 Å². The monoisotopic (exact) mass is 365 g/mol. The number of aliphatic imine (C=N–C) groups is 1. The minimum absolute atomic E-state index is 0.316. The van der Waals surface area contributed by atoms with Gasteiger partial charge < -0.3 is 4.74 Å². The Hall–Kier alpha value is -2.33. The predicted octanol–water partition coefficient (Wildman–Crippen LogP) is 4.90. The van der Waals surface area contributed by atoms with Crippen LogP contribution in [-0.4, -0.2) is 29.6 Å². The maximum atomic E-state index is 11.8. The number of nitrogens with zero attached hydrogens (tertiary/aromatic N) is 1. The van der Waals surface area contributed by atoms with E-state index in [1.54, 1.807) is 11.8 Å². The molecule has 0 bridgehead atoms. The SMILES string of the molecule is CCOC(=O)C=CC1(CC)CSc2ccccc2C(c2ccccc2)=N1. The van der Waals surface area contributed by atoms with Crippen LogP contribution >= 0.6 is 11.8 Å². The number of rotatable bonds is 5. The second kappa shape index (κ2) is 8.37. The average molecular weight is 365 g/mol. The molecule has 2 aromatic carbocycles. The summed E-state index contributed by atoms with van der Waals surface area (Å²) in [7, 11) is 0. The van der Waals surface area contributed by atoms with Crippen molar-refractivity contribution in [1.82, 2.24) is 0 Å². The first-order chi connectivity index (χ1) is 12.7. The van der Waals surface area contributed by atoms with Crippen molar-refractivity contribution in [2.75, 3.05) is 12.4 Å². The largest absolute Gasteiger partial charge is 0.463 e. The first kappa shape index (κ1) is 18.5. The van der Waals surface area contributed by atoms with Gasteiger partial charge in [-0.05, 0) is 25.5 Å². The summed E-state index contributed by atoms with van der Waals surface area (Å²) in [5, 5.41) is 0. The molecule has 2 aromatic rings. The highest BCUT2D eigenvalue weighted by molar-refractivity contribution is 7.99. The molecule has 0 spiro atoms. The second-order valence-electron chi connectivity index (χ2n) is 6.15. The minimum Gasteiger partial charge on any atom is -0.463 e. The van der Waals surface area contributed by atoms with Crippen molar-refractivity contribution in [2.45, 2.75) is 30.7 Å². The molecule has 4 heteroatoms. The molecule has 0 aliphatic carbocycles. The van der Waals surface area contributed by atoms with Gasteiger partial charge in [-0.15, -0.1) is 11.8 Å². The van der Waals surface area contributed by atoms with Crippen molar-refractivity contribution >= 4 is 23.4 Å².